The number of nitrogens with one attached hydrogen (secondary N) is 2. The lowest BCUT2D eigenvalue weighted by Gasteiger charge is -2.21. The molecule has 0 saturated heterocycles. The van der Waals surface area contributed by atoms with Crippen LogP contribution in [-0.2, 0) is 0 Å². The van der Waals surface area contributed by atoms with Crippen molar-refractivity contribution < 1.29 is 9.90 Å². The van der Waals surface area contributed by atoms with Gasteiger partial charge in [0.1, 0.15) is 5.75 Å². The summed E-state index contributed by atoms with van der Waals surface area (Å²) < 4.78 is 2.17. The molecule has 1 aromatic heterocycles. The highest BCUT2D eigenvalue weighted by molar-refractivity contribution is 6.05. The molecule has 1 unspecified atom stereocenters. The molecule has 0 bridgehead atoms. The van der Waals surface area contributed by atoms with Gasteiger partial charge in [-0.3, -0.25) is 4.79 Å². The topological polar surface area (TPSA) is 66.3 Å². The summed E-state index contributed by atoms with van der Waals surface area (Å²) >= 11 is 0. The van der Waals surface area contributed by atoms with E-state index in [2.05, 4.69) is 22.1 Å². The average molecular weight is 399 g/mol. The van der Waals surface area contributed by atoms with Crippen molar-refractivity contribution in [2.24, 2.45) is 0 Å². The minimum Gasteiger partial charge on any atom is -0.505 e. The number of phenolic OH excluding ortho intramolecular Hbond substituents is 1. The molecule has 0 radical (unpaired) electrons. The summed E-state index contributed by atoms with van der Waals surface area (Å²) in [5.74, 6) is 0.148. The van der Waals surface area contributed by atoms with Gasteiger partial charge in [-0.2, -0.15) is 0 Å². The van der Waals surface area contributed by atoms with E-state index in [4.69, 9.17) is 0 Å². The van der Waals surface area contributed by atoms with E-state index < -0.39 is 0 Å². The second-order valence-electron chi connectivity index (χ2n) is 7.23. The quantitative estimate of drug-likeness (QED) is 0.368. The van der Waals surface area contributed by atoms with Crippen molar-refractivity contribution >= 4 is 28.2 Å². The number of hydrogen-bond acceptors (Lipinski definition) is 3. The highest BCUT2D eigenvalue weighted by atomic mass is 16.3. The summed E-state index contributed by atoms with van der Waals surface area (Å²) in [4.78, 5) is 12.4. The molecule has 5 nitrogen and oxygen atoms in total. The first kappa shape index (κ1) is 19.6. The van der Waals surface area contributed by atoms with Crippen LogP contribution in [0.3, 0.4) is 0 Å². The third-order valence-electron chi connectivity index (χ3n) is 5.43. The second kappa shape index (κ2) is 8.33. The Morgan fingerprint density at radius 1 is 1.03 bits per heavy atom. The minimum atomic E-state index is -0.130. The number of aromatic hydroxyl groups is 1. The van der Waals surface area contributed by atoms with E-state index in [1.54, 1.807) is 19.2 Å². The van der Waals surface area contributed by atoms with Gasteiger partial charge in [-0.15, -0.1) is 0 Å². The highest BCUT2D eigenvalue weighted by Gasteiger charge is 2.19. The Bertz CT molecular complexity index is 1180. The molecule has 0 spiro atoms. The first-order valence-corrected chi connectivity index (χ1v) is 10.1. The minimum absolute atomic E-state index is 0.000518. The van der Waals surface area contributed by atoms with E-state index in [1.165, 1.54) is 0 Å². The fourth-order valence-electron chi connectivity index (χ4n) is 3.90. The Labute approximate surface area is 176 Å². The number of aromatic nitrogens is 1. The van der Waals surface area contributed by atoms with Crippen LogP contribution in [-0.4, -0.2) is 22.6 Å². The van der Waals surface area contributed by atoms with Gasteiger partial charge in [-0.1, -0.05) is 37.3 Å². The van der Waals surface area contributed by atoms with Crippen LogP contribution in [0, 0.1) is 0 Å². The first-order chi connectivity index (χ1) is 14.6. The van der Waals surface area contributed by atoms with Crippen LogP contribution in [0.2, 0.25) is 0 Å². The summed E-state index contributed by atoms with van der Waals surface area (Å²) in [5, 5.41) is 17.7. The van der Waals surface area contributed by atoms with Crippen LogP contribution in [0.15, 0.2) is 79.0 Å². The zero-order valence-electron chi connectivity index (χ0n) is 17.1. The molecule has 1 amide bonds. The maximum Gasteiger partial charge on any atom is 0.255 e. The number of carbonyl (C=O) groups excluding carboxylic acids is 1. The molecule has 0 aliphatic heterocycles. The van der Waals surface area contributed by atoms with Crippen molar-refractivity contribution in [3.8, 4) is 5.75 Å². The molecule has 0 aliphatic carbocycles. The average Bonchev–Trinajstić information content (AvgIpc) is 3.19. The molecule has 0 fully saturated rings. The Morgan fingerprint density at radius 3 is 2.57 bits per heavy atom. The predicted octanol–water partition coefficient (Wildman–Crippen LogP) is 5.64. The lowest BCUT2D eigenvalue weighted by atomic mass is 10.0. The zero-order valence-corrected chi connectivity index (χ0v) is 17.1. The number of carbonyl (C=O) groups is 1. The van der Waals surface area contributed by atoms with Gasteiger partial charge in [0.05, 0.1) is 11.7 Å². The van der Waals surface area contributed by atoms with Gasteiger partial charge in [0.15, 0.2) is 0 Å². The van der Waals surface area contributed by atoms with Gasteiger partial charge in [0.2, 0.25) is 0 Å². The van der Waals surface area contributed by atoms with Crippen LogP contribution in [0.4, 0.5) is 11.4 Å². The number of phenols is 1. The molecule has 0 aliphatic rings. The number of anilines is 2. The third-order valence-corrected chi connectivity index (χ3v) is 5.43. The second-order valence-corrected chi connectivity index (χ2v) is 7.23. The number of hydrogen-bond donors (Lipinski definition) is 3. The molecule has 3 aromatic carbocycles. The lowest BCUT2D eigenvalue weighted by Crippen LogP contribution is -2.12. The molecule has 152 valence electrons. The first-order valence-electron chi connectivity index (χ1n) is 10.1. The van der Waals surface area contributed by atoms with Crippen LogP contribution in [0.1, 0.15) is 35.3 Å². The van der Waals surface area contributed by atoms with E-state index in [0.29, 0.717) is 11.3 Å². The van der Waals surface area contributed by atoms with Gasteiger partial charge in [-0.05, 0) is 48.9 Å². The monoisotopic (exact) mass is 399 g/mol. The summed E-state index contributed by atoms with van der Waals surface area (Å²) in [5.41, 5.74) is 4.02. The lowest BCUT2D eigenvalue weighted by molar-refractivity contribution is 0.102. The fourth-order valence-corrected chi connectivity index (χ4v) is 3.90. The Morgan fingerprint density at radius 2 is 1.83 bits per heavy atom. The number of fused-ring (bicyclic) bond motifs is 1. The van der Waals surface area contributed by atoms with Gasteiger partial charge in [0.25, 0.3) is 5.91 Å². The summed E-state index contributed by atoms with van der Waals surface area (Å²) in [7, 11) is 1.80. The Hall–Kier alpha value is -3.73. The van der Waals surface area contributed by atoms with E-state index in [-0.39, 0.29) is 17.7 Å². The van der Waals surface area contributed by atoms with Crippen molar-refractivity contribution in [3.63, 3.8) is 0 Å². The smallest absolute Gasteiger partial charge is 0.255 e. The molecule has 3 N–H and O–H groups in total. The summed E-state index contributed by atoms with van der Waals surface area (Å²) in [6, 6.07) is 22.9. The predicted molar refractivity (Wildman–Crippen MR) is 122 cm³/mol. The van der Waals surface area contributed by atoms with Crippen LogP contribution < -0.4 is 10.6 Å². The SMILES string of the molecule is CCC(c1cccc(NC)c1O)n1ccc2cc(NC(=O)c3ccccc3)ccc21. The largest absolute Gasteiger partial charge is 0.505 e. The Kier molecular flexibility index (Phi) is 5.44. The Balaban J connectivity index is 1.66. The summed E-state index contributed by atoms with van der Waals surface area (Å²) in [6.45, 7) is 2.11. The molecule has 4 rings (SSSR count). The molecule has 1 heterocycles. The standard InChI is InChI=1S/C25H25N3O2/c1-3-22(20-10-7-11-21(26-2)24(20)29)28-15-14-18-16-19(12-13-23(18)28)27-25(30)17-8-5-4-6-9-17/h4-16,22,26,29H,3H2,1-2H3,(H,27,30). The number of rotatable bonds is 6. The van der Waals surface area contributed by atoms with Crippen molar-refractivity contribution in [2.75, 3.05) is 17.7 Å². The number of amides is 1. The van der Waals surface area contributed by atoms with Crippen molar-refractivity contribution in [1.82, 2.24) is 4.57 Å². The van der Waals surface area contributed by atoms with E-state index in [1.807, 2.05) is 66.9 Å². The molecule has 1 atom stereocenters. The number of benzene rings is 3. The van der Waals surface area contributed by atoms with Crippen molar-refractivity contribution in [3.05, 3.63) is 90.1 Å². The van der Waals surface area contributed by atoms with E-state index in [9.17, 15) is 9.90 Å². The maximum atomic E-state index is 12.4. The van der Waals surface area contributed by atoms with Crippen LogP contribution >= 0.6 is 0 Å². The van der Waals surface area contributed by atoms with Gasteiger partial charge in [-0.25, -0.2) is 0 Å². The van der Waals surface area contributed by atoms with Gasteiger partial charge in [0, 0.05) is 41.0 Å². The van der Waals surface area contributed by atoms with Crippen molar-refractivity contribution in [2.45, 2.75) is 19.4 Å². The highest BCUT2D eigenvalue weighted by Crippen LogP contribution is 2.37. The number of para-hydroxylation sites is 1. The number of nitrogens with zero attached hydrogens (tertiary/aromatic N) is 1. The van der Waals surface area contributed by atoms with Gasteiger partial charge < -0.3 is 20.3 Å². The van der Waals surface area contributed by atoms with E-state index in [0.717, 1.165) is 28.6 Å². The molecule has 5 heteroatoms. The maximum absolute atomic E-state index is 12.4. The van der Waals surface area contributed by atoms with Crippen molar-refractivity contribution in [1.29, 1.82) is 0 Å². The molecule has 0 saturated carbocycles. The normalized spacial score (nSPS) is 11.9. The van der Waals surface area contributed by atoms with Crippen LogP contribution in [0.25, 0.3) is 10.9 Å². The van der Waals surface area contributed by atoms with Gasteiger partial charge >= 0.3 is 0 Å². The molecular formula is C25H25N3O2. The molecule has 30 heavy (non-hydrogen) atoms. The van der Waals surface area contributed by atoms with E-state index >= 15 is 0 Å². The van der Waals surface area contributed by atoms with Crippen LogP contribution in [0.5, 0.6) is 5.75 Å². The zero-order chi connectivity index (χ0) is 21.1. The summed E-state index contributed by atoms with van der Waals surface area (Å²) in [6.07, 6.45) is 2.87. The molecule has 4 aromatic rings. The molecular weight excluding hydrogens is 374 g/mol. The third kappa shape index (κ3) is 3.62. The fraction of sp³-hybridized carbons (Fsp3) is 0.160.